The SMILES string of the molecule is CC.CC.CC.Cc1ccc(C)c(C)n1.Cc1cccnc1N1CCOCC1.Cc1ccncc1C. The average Bonchev–Trinajstić information content (AvgIpc) is 2.93. The van der Waals surface area contributed by atoms with Crippen molar-refractivity contribution in [2.24, 2.45) is 0 Å². The minimum absolute atomic E-state index is 0.815. The molecule has 1 fully saturated rings. The van der Waals surface area contributed by atoms with Crippen molar-refractivity contribution in [1.29, 1.82) is 0 Å². The molecule has 36 heavy (non-hydrogen) atoms. The highest BCUT2D eigenvalue weighted by atomic mass is 16.5. The first-order chi connectivity index (χ1) is 17.4. The van der Waals surface area contributed by atoms with Gasteiger partial charge in [0, 0.05) is 43.1 Å². The molecule has 0 aromatic carbocycles. The second kappa shape index (κ2) is 22.7. The van der Waals surface area contributed by atoms with Crippen molar-refractivity contribution in [1.82, 2.24) is 15.0 Å². The summed E-state index contributed by atoms with van der Waals surface area (Å²) in [7, 11) is 0. The van der Waals surface area contributed by atoms with Crippen LogP contribution in [0.2, 0.25) is 0 Å². The molecule has 3 aromatic rings. The number of ether oxygens (including phenoxy) is 1. The van der Waals surface area contributed by atoms with Crippen LogP contribution in [0.4, 0.5) is 5.82 Å². The largest absolute Gasteiger partial charge is 0.378 e. The number of aromatic nitrogens is 3. The molecule has 4 rings (SSSR count). The monoisotopic (exact) mass is 496 g/mol. The molecule has 0 N–H and O–H groups in total. The number of hydrogen-bond donors (Lipinski definition) is 0. The molecule has 0 radical (unpaired) electrons. The minimum Gasteiger partial charge on any atom is -0.378 e. The predicted octanol–water partition coefficient (Wildman–Crippen LogP) is 8.01. The van der Waals surface area contributed by atoms with Crippen molar-refractivity contribution in [3.05, 3.63) is 82.6 Å². The fourth-order valence-electron chi connectivity index (χ4n) is 2.88. The van der Waals surface area contributed by atoms with Crippen molar-refractivity contribution in [3.8, 4) is 0 Å². The predicted molar refractivity (Wildman–Crippen MR) is 158 cm³/mol. The second-order valence-electron chi connectivity index (χ2n) is 7.56. The van der Waals surface area contributed by atoms with Crippen LogP contribution in [-0.4, -0.2) is 41.3 Å². The van der Waals surface area contributed by atoms with E-state index < -0.39 is 0 Å². The molecule has 0 unspecified atom stereocenters. The Hall–Kier alpha value is -2.79. The average molecular weight is 497 g/mol. The van der Waals surface area contributed by atoms with Gasteiger partial charge in [-0.05, 0) is 82.0 Å². The first kappa shape index (κ1) is 35.4. The summed E-state index contributed by atoms with van der Waals surface area (Å²) in [5, 5.41) is 0. The van der Waals surface area contributed by atoms with E-state index >= 15 is 0 Å². The summed E-state index contributed by atoms with van der Waals surface area (Å²) < 4.78 is 5.29. The summed E-state index contributed by atoms with van der Waals surface area (Å²) in [5.41, 5.74) is 7.30. The van der Waals surface area contributed by atoms with E-state index in [1.165, 1.54) is 22.3 Å². The van der Waals surface area contributed by atoms with Crippen LogP contribution in [0.3, 0.4) is 0 Å². The van der Waals surface area contributed by atoms with Gasteiger partial charge in [0.1, 0.15) is 5.82 Å². The van der Waals surface area contributed by atoms with Crippen molar-refractivity contribution in [2.75, 3.05) is 31.2 Å². The summed E-state index contributed by atoms with van der Waals surface area (Å²) in [5.74, 6) is 1.10. The van der Waals surface area contributed by atoms with E-state index in [-0.39, 0.29) is 0 Å². The lowest BCUT2D eigenvalue weighted by molar-refractivity contribution is 0.122. The molecule has 0 aliphatic carbocycles. The van der Waals surface area contributed by atoms with E-state index in [0.29, 0.717) is 0 Å². The Kier molecular flexibility index (Phi) is 22.3. The molecule has 0 bridgehead atoms. The van der Waals surface area contributed by atoms with Crippen LogP contribution in [-0.2, 0) is 4.74 Å². The summed E-state index contributed by atoms with van der Waals surface area (Å²) in [6.07, 6.45) is 5.52. The summed E-state index contributed by atoms with van der Waals surface area (Å²) >= 11 is 0. The van der Waals surface area contributed by atoms with Crippen LogP contribution in [0.5, 0.6) is 0 Å². The maximum absolute atomic E-state index is 5.29. The molecule has 202 valence electrons. The molecule has 0 atom stereocenters. The fourth-order valence-corrected chi connectivity index (χ4v) is 2.88. The maximum atomic E-state index is 5.29. The summed E-state index contributed by atoms with van der Waals surface area (Å²) in [4.78, 5) is 14.9. The molecule has 5 nitrogen and oxygen atoms in total. The summed E-state index contributed by atoms with van der Waals surface area (Å²) in [6, 6.07) is 10.2. The third kappa shape index (κ3) is 14.6. The highest BCUT2D eigenvalue weighted by Crippen LogP contribution is 2.16. The van der Waals surface area contributed by atoms with Crippen LogP contribution in [0.15, 0.2) is 48.9 Å². The van der Waals surface area contributed by atoms with Crippen molar-refractivity contribution in [2.45, 2.75) is 83.1 Å². The molecular weight excluding hydrogens is 444 g/mol. The van der Waals surface area contributed by atoms with Gasteiger partial charge in [0.2, 0.25) is 0 Å². The lowest BCUT2D eigenvalue weighted by Crippen LogP contribution is -2.37. The van der Waals surface area contributed by atoms with Gasteiger partial charge in [-0.2, -0.15) is 0 Å². The highest BCUT2D eigenvalue weighted by Gasteiger charge is 2.13. The quantitative estimate of drug-likeness (QED) is 0.341. The van der Waals surface area contributed by atoms with Gasteiger partial charge in [-0.3, -0.25) is 9.97 Å². The first-order valence-corrected chi connectivity index (χ1v) is 13.4. The van der Waals surface area contributed by atoms with Gasteiger partial charge in [0.25, 0.3) is 0 Å². The molecule has 1 aliphatic rings. The second-order valence-corrected chi connectivity index (χ2v) is 7.56. The molecule has 3 aromatic heterocycles. The maximum Gasteiger partial charge on any atom is 0.131 e. The Morgan fingerprint density at radius 1 is 0.667 bits per heavy atom. The van der Waals surface area contributed by atoms with Gasteiger partial charge < -0.3 is 9.64 Å². The lowest BCUT2D eigenvalue weighted by Gasteiger charge is -2.28. The van der Waals surface area contributed by atoms with Crippen LogP contribution in [0.1, 0.15) is 75.2 Å². The molecule has 1 aliphatic heterocycles. The number of pyridine rings is 3. The highest BCUT2D eigenvalue weighted by molar-refractivity contribution is 5.45. The standard InChI is InChI=1S/C10H14N2O.C8H11N.C7H9N.3C2H6/c1-9-3-2-4-11-10(9)12-5-7-13-8-6-12;1-6-4-5-7(2)9-8(6)3;1-6-3-4-8-5-7(6)2;3*1-2/h2-4H,5-8H2,1H3;4-5H,1-3H3;3-5H,1-2H3;3*1-2H3. The zero-order chi connectivity index (χ0) is 27.9. The van der Waals surface area contributed by atoms with Crippen molar-refractivity contribution in [3.63, 3.8) is 0 Å². The van der Waals surface area contributed by atoms with E-state index in [0.717, 1.165) is 43.5 Å². The Labute approximate surface area is 222 Å². The Morgan fingerprint density at radius 2 is 1.28 bits per heavy atom. The third-order valence-corrected chi connectivity index (χ3v) is 5.08. The molecule has 5 heteroatoms. The molecule has 1 saturated heterocycles. The van der Waals surface area contributed by atoms with Crippen molar-refractivity contribution >= 4 is 5.82 Å². The first-order valence-electron chi connectivity index (χ1n) is 13.4. The normalized spacial score (nSPS) is 11.3. The van der Waals surface area contributed by atoms with Gasteiger partial charge in [0.05, 0.1) is 13.2 Å². The van der Waals surface area contributed by atoms with Crippen LogP contribution in [0.25, 0.3) is 0 Å². The molecule has 0 saturated carbocycles. The van der Waals surface area contributed by atoms with Gasteiger partial charge >= 0.3 is 0 Å². The smallest absolute Gasteiger partial charge is 0.131 e. The number of hydrogen-bond acceptors (Lipinski definition) is 5. The summed E-state index contributed by atoms with van der Waals surface area (Å²) in [6.45, 7) is 27.9. The van der Waals surface area contributed by atoms with Crippen LogP contribution >= 0.6 is 0 Å². The zero-order valence-electron chi connectivity index (χ0n) is 25.1. The third-order valence-electron chi connectivity index (χ3n) is 5.08. The van der Waals surface area contributed by atoms with Crippen LogP contribution < -0.4 is 4.90 Å². The topological polar surface area (TPSA) is 51.1 Å². The number of rotatable bonds is 1. The molecular formula is C31H52N4O. The fraction of sp³-hybridized carbons (Fsp3) is 0.516. The van der Waals surface area contributed by atoms with E-state index in [4.69, 9.17) is 4.74 Å². The minimum atomic E-state index is 0.815. The Balaban J connectivity index is 0. The molecule has 0 amide bonds. The van der Waals surface area contributed by atoms with Crippen LogP contribution in [0, 0.1) is 41.5 Å². The van der Waals surface area contributed by atoms with E-state index in [1.807, 2.05) is 92.2 Å². The number of aryl methyl sites for hydroxylation is 6. The number of morpholine rings is 1. The molecule has 0 spiro atoms. The van der Waals surface area contributed by atoms with E-state index in [9.17, 15) is 0 Å². The van der Waals surface area contributed by atoms with E-state index in [1.54, 1.807) is 0 Å². The molecule has 4 heterocycles. The van der Waals surface area contributed by atoms with Gasteiger partial charge in [0.15, 0.2) is 0 Å². The van der Waals surface area contributed by atoms with Gasteiger partial charge in [-0.1, -0.05) is 53.7 Å². The number of nitrogens with zero attached hydrogens (tertiary/aromatic N) is 4. The number of anilines is 1. The Bertz CT molecular complexity index is 901. The van der Waals surface area contributed by atoms with Gasteiger partial charge in [-0.15, -0.1) is 0 Å². The zero-order valence-corrected chi connectivity index (χ0v) is 25.1. The van der Waals surface area contributed by atoms with Crippen molar-refractivity contribution < 1.29 is 4.74 Å². The lowest BCUT2D eigenvalue weighted by atomic mass is 10.2. The Morgan fingerprint density at radius 3 is 1.72 bits per heavy atom. The van der Waals surface area contributed by atoms with Gasteiger partial charge in [-0.25, -0.2) is 4.98 Å². The van der Waals surface area contributed by atoms with E-state index in [2.05, 4.69) is 59.7 Å².